The molecule has 0 radical (unpaired) electrons. The van der Waals surface area contributed by atoms with Crippen molar-refractivity contribution in [2.24, 2.45) is 5.92 Å². The molecule has 0 amide bonds. The predicted molar refractivity (Wildman–Crippen MR) is 130 cm³/mol. The second kappa shape index (κ2) is 10.8. The average Bonchev–Trinajstić information content (AvgIpc) is 3.28. The Kier molecular flexibility index (Phi) is 7.31. The number of nitrogens with one attached hydrogen (secondary N) is 1. The van der Waals surface area contributed by atoms with E-state index in [-0.39, 0.29) is 18.3 Å². The molecule has 3 aromatic rings. The van der Waals surface area contributed by atoms with Crippen molar-refractivity contribution in [1.82, 2.24) is 29.4 Å². The van der Waals surface area contributed by atoms with Gasteiger partial charge in [0.2, 0.25) is 5.95 Å². The number of aliphatic hydroxyl groups excluding tert-OH is 1. The van der Waals surface area contributed by atoms with Gasteiger partial charge in [0, 0.05) is 39.0 Å². The molecule has 2 saturated heterocycles. The van der Waals surface area contributed by atoms with Crippen molar-refractivity contribution in [2.75, 3.05) is 38.2 Å². The molecular weight excluding hydrogens is 449 g/mol. The van der Waals surface area contributed by atoms with E-state index in [0.717, 1.165) is 62.5 Å². The van der Waals surface area contributed by atoms with Crippen LogP contribution < -0.4 is 5.32 Å². The summed E-state index contributed by atoms with van der Waals surface area (Å²) in [5.74, 6) is 0.995. The van der Waals surface area contributed by atoms with Crippen LogP contribution >= 0.6 is 0 Å². The number of piperidine rings is 1. The molecule has 0 saturated carbocycles. The highest BCUT2D eigenvalue weighted by molar-refractivity contribution is 5.59. The van der Waals surface area contributed by atoms with E-state index in [1.807, 2.05) is 19.1 Å². The highest BCUT2D eigenvalue weighted by Gasteiger charge is 2.24. The summed E-state index contributed by atoms with van der Waals surface area (Å²) in [5.41, 5.74) is 2.56. The van der Waals surface area contributed by atoms with Crippen LogP contribution in [0.25, 0.3) is 11.4 Å². The normalized spacial score (nSPS) is 19.7. The number of likely N-dealkylation sites (tertiary alicyclic amines) is 1. The first-order valence-corrected chi connectivity index (χ1v) is 12.3. The Bertz CT molecular complexity index is 1130. The van der Waals surface area contributed by atoms with E-state index in [1.165, 1.54) is 6.20 Å². The van der Waals surface area contributed by atoms with Crippen molar-refractivity contribution < 1.29 is 14.2 Å². The fourth-order valence-corrected chi connectivity index (χ4v) is 5.03. The molecule has 2 aliphatic heterocycles. The third-order valence-corrected chi connectivity index (χ3v) is 6.85. The summed E-state index contributed by atoms with van der Waals surface area (Å²) >= 11 is 0. The Balaban J connectivity index is 1.30. The zero-order valence-electron chi connectivity index (χ0n) is 20.0. The molecule has 35 heavy (non-hydrogen) atoms. The van der Waals surface area contributed by atoms with Crippen LogP contribution in [-0.2, 0) is 11.3 Å². The molecule has 0 spiro atoms. The number of nitrogens with zero attached hydrogens (tertiary/aromatic N) is 6. The molecule has 3 aromatic heterocycles. The molecule has 5 heterocycles. The molecule has 2 N–H and O–H groups in total. The van der Waals surface area contributed by atoms with Crippen LogP contribution in [0.2, 0.25) is 0 Å². The van der Waals surface area contributed by atoms with Gasteiger partial charge in [0.15, 0.2) is 5.82 Å². The van der Waals surface area contributed by atoms with Gasteiger partial charge in [-0.15, -0.1) is 0 Å². The molecule has 2 aliphatic rings. The largest absolute Gasteiger partial charge is 0.396 e. The number of hydrogen-bond acceptors (Lipinski definition) is 8. The number of aromatic nitrogens is 5. The molecular formula is C25H32FN7O2. The minimum absolute atomic E-state index is 0.205. The van der Waals surface area contributed by atoms with E-state index in [4.69, 9.17) is 4.74 Å². The Morgan fingerprint density at radius 1 is 1.11 bits per heavy atom. The number of rotatable bonds is 7. The number of pyridine rings is 1. The smallest absolute Gasteiger partial charge is 0.228 e. The maximum absolute atomic E-state index is 14.8. The summed E-state index contributed by atoms with van der Waals surface area (Å²) in [6, 6.07) is 4.11. The van der Waals surface area contributed by atoms with Crippen molar-refractivity contribution in [3.8, 4) is 11.4 Å². The molecule has 0 aromatic carbocycles. The fraction of sp³-hybridized carbons (Fsp3) is 0.520. The van der Waals surface area contributed by atoms with E-state index in [1.54, 1.807) is 12.4 Å². The van der Waals surface area contributed by atoms with Crippen LogP contribution in [0.1, 0.15) is 43.2 Å². The number of anilines is 2. The van der Waals surface area contributed by atoms with Crippen LogP contribution in [-0.4, -0.2) is 67.4 Å². The third kappa shape index (κ3) is 5.50. The van der Waals surface area contributed by atoms with Gasteiger partial charge < -0.3 is 19.7 Å². The fourth-order valence-electron chi connectivity index (χ4n) is 5.03. The van der Waals surface area contributed by atoms with E-state index < -0.39 is 5.82 Å². The van der Waals surface area contributed by atoms with Gasteiger partial charge in [0.25, 0.3) is 0 Å². The number of hydrogen-bond donors (Lipinski definition) is 2. The summed E-state index contributed by atoms with van der Waals surface area (Å²) < 4.78 is 22.4. The lowest BCUT2D eigenvalue weighted by atomic mass is 9.99. The molecule has 0 aliphatic carbocycles. The Morgan fingerprint density at radius 3 is 2.74 bits per heavy atom. The van der Waals surface area contributed by atoms with Gasteiger partial charge in [0.1, 0.15) is 11.5 Å². The van der Waals surface area contributed by atoms with Gasteiger partial charge in [-0.25, -0.2) is 19.3 Å². The van der Waals surface area contributed by atoms with Gasteiger partial charge in [-0.2, -0.15) is 0 Å². The second-order valence-corrected chi connectivity index (χ2v) is 9.38. The predicted octanol–water partition coefficient (Wildman–Crippen LogP) is 3.48. The first-order valence-electron chi connectivity index (χ1n) is 12.3. The quantitative estimate of drug-likeness (QED) is 0.529. The average molecular weight is 482 g/mol. The molecule has 1 atom stereocenters. The summed E-state index contributed by atoms with van der Waals surface area (Å²) in [5, 5.41) is 12.6. The number of aryl methyl sites for hydroxylation is 1. The molecule has 10 heteroatoms. The third-order valence-electron chi connectivity index (χ3n) is 6.85. The van der Waals surface area contributed by atoms with Crippen molar-refractivity contribution in [3.05, 3.63) is 48.1 Å². The zero-order chi connectivity index (χ0) is 24.2. The maximum atomic E-state index is 14.8. The van der Waals surface area contributed by atoms with Crippen LogP contribution in [0.5, 0.6) is 0 Å². The lowest BCUT2D eigenvalue weighted by molar-refractivity contribution is 0.0694. The summed E-state index contributed by atoms with van der Waals surface area (Å²) in [6.45, 7) is 6.21. The lowest BCUT2D eigenvalue weighted by Gasteiger charge is -2.31. The molecule has 1 unspecified atom stereocenters. The maximum Gasteiger partial charge on any atom is 0.228 e. The van der Waals surface area contributed by atoms with Crippen LogP contribution in [0.3, 0.4) is 0 Å². The standard InChI is InChI=1S/C25H32FN7O2/c1-17-27-13-23(33(17)21-6-9-35-10-7-21)24-22(26)12-29-25(31-24)30-19-4-5-20(28-11-19)15-32-8-2-3-18(14-32)16-34/h4-5,11-13,18,21,34H,2-3,6-10,14-16H2,1H3,(H,29,30,31). The van der Waals surface area contributed by atoms with Crippen LogP contribution in [0.4, 0.5) is 16.0 Å². The zero-order valence-corrected chi connectivity index (χ0v) is 20.0. The van der Waals surface area contributed by atoms with Gasteiger partial charge in [-0.3, -0.25) is 9.88 Å². The molecule has 9 nitrogen and oxygen atoms in total. The minimum atomic E-state index is -0.486. The Morgan fingerprint density at radius 2 is 1.97 bits per heavy atom. The summed E-state index contributed by atoms with van der Waals surface area (Å²) in [6.07, 6.45) is 8.51. The second-order valence-electron chi connectivity index (χ2n) is 9.38. The first kappa shape index (κ1) is 23.8. The summed E-state index contributed by atoms with van der Waals surface area (Å²) in [4.78, 5) is 20.0. The Hall–Kier alpha value is -2.95. The highest BCUT2D eigenvalue weighted by atomic mass is 19.1. The van der Waals surface area contributed by atoms with Crippen molar-refractivity contribution in [2.45, 2.75) is 45.2 Å². The van der Waals surface area contributed by atoms with E-state index in [9.17, 15) is 9.50 Å². The molecule has 186 valence electrons. The van der Waals surface area contributed by atoms with E-state index >= 15 is 0 Å². The number of ether oxygens (including phenoxy) is 1. The Labute approximate surface area is 204 Å². The van der Waals surface area contributed by atoms with Crippen LogP contribution in [0, 0.1) is 18.7 Å². The topological polar surface area (TPSA) is 101 Å². The highest BCUT2D eigenvalue weighted by Crippen LogP contribution is 2.31. The monoisotopic (exact) mass is 481 g/mol. The van der Waals surface area contributed by atoms with Gasteiger partial charge in [0.05, 0.1) is 35.7 Å². The van der Waals surface area contributed by atoms with Crippen molar-refractivity contribution >= 4 is 11.6 Å². The van der Waals surface area contributed by atoms with Crippen molar-refractivity contribution in [1.29, 1.82) is 0 Å². The first-order chi connectivity index (χ1) is 17.1. The number of halogens is 1. The minimum Gasteiger partial charge on any atom is -0.396 e. The number of imidazole rings is 1. The van der Waals surface area contributed by atoms with Gasteiger partial charge in [-0.05, 0) is 57.2 Å². The van der Waals surface area contributed by atoms with Crippen LogP contribution in [0.15, 0.2) is 30.7 Å². The lowest BCUT2D eigenvalue weighted by Crippen LogP contribution is -2.36. The molecule has 0 bridgehead atoms. The number of aliphatic hydroxyl groups is 1. The van der Waals surface area contributed by atoms with Gasteiger partial charge in [-0.1, -0.05) is 0 Å². The van der Waals surface area contributed by atoms with Crippen molar-refractivity contribution in [3.63, 3.8) is 0 Å². The summed E-state index contributed by atoms with van der Waals surface area (Å²) in [7, 11) is 0. The van der Waals surface area contributed by atoms with Gasteiger partial charge >= 0.3 is 0 Å². The molecule has 2 fully saturated rings. The SMILES string of the molecule is Cc1ncc(-c2nc(Nc3ccc(CN4CCCC(CO)C4)nc3)ncc2F)n1C1CCOCC1. The molecule has 5 rings (SSSR count). The van der Waals surface area contributed by atoms with E-state index in [0.29, 0.717) is 30.8 Å². The van der Waals surface area contributed by atoms with E-state index in [2.05, 4.69) is 34.7 Å².